The summed E-state index contributed by atoms with van der Waals surface area (Å²) in [6.45, 7) is 0. The number of hydrogen-bond acceptors (Lipinski definition) is 6. The molecule has 22 heavy (non-hydrogen) atoms. The van der Waals surface area contributed by atoms with Gasteiger partial charge >= 0.3 is 0 Å². The Balaban J connectivity index is 1.79. The first-order chi connectivity index (χ1) is 10.6. The number of aromatic hydroxyl groups is 2. The van der Waals surface area contributed by atoms with Crippen LogP contribution >= 0.6 is 11.8 Å². The van der Waals surface area contributed by atoms with Crippen molar-refractivity contribution < 1.29 is 15.0 Å². The number of benzene rings is 2. The number of nitrogens with zero attached hydrogens (tertiary/aromatic N) is 2. The zero-order valence-corrected chi connectivity index (χ0v) is 12.2. The molecule has 1 heterocycles. The molecular formula is C16H12N2O3S. The van der Waals surface area contributed by atoms with E-state index in [1.165, 1.54) is 30.0 Å². The number of aromatic nitrogens is 2. The van der Waals surface area contributed by atoms with Crippen LogP contribution in [-0.4, -0.2) is 31.9 Å². The summed E-state index contributed by atoms with van der Waals surface area (Å²) in [5.41, 5.74) is 0.344. The van der Waals surface area contributed by atoms with Gasteiger partial charge in [-0.05, 0) is 18.2 Å². The zero-order valence-electron chi connectivity index (χ0n) is 11.4. The summed E-state index contributed by atoms with van der Waals surface area (Å²) in [5.74, 6) is -0.535. The fraction of sp³-hybridized carbons (Fsp3) is 0.0625. The molecule has 0 bridgehead atoms. The molecule has 0 amide bonds. The lowest BCUT2D eigenvalue weighted by molar-refractivity contribution is 0.102. The van der Waals surface area contributed by atoms with Crippen LogP contribution in [-0.2, 0) is 0 Å². The van der Waals surface area contributed by atoms with Gasteiger partial charge < -0.3 is 10.2 Å². The van der Waals surface area contributed by atoms with Gasteiger partial charge in [0.25, 0.3) is 0 Å². The SMILES string of the molecule is O=C(CSc1nncc2ccccc12)c1ccc(O)c(O)c1. The summed E-state index contributed by atoms with van der Waals surface area (Å²) >= 11 is 1.30. The largest absolute Gasteiger partial charge is 0.504 e. The quantitative estimate of drug-likeness (QED) is 0.438. The van der Waals surface area contributed by atoms with Crippen molar-refractivity contribution in [3.63, 3.8) is 0 Å². The molecule has 0 atom stereocenters. The van der Waals surface area contributed by atoms with Crippen LogP contribution in [0.3, 0.4) is 0 Å². The maximum Gasteiger partial charge on any atom is 0.173 e. The molecule has 1 aromatic heterocycles. The molecule has 3 rings (SSSR count). The van der Waals surface area contributed by atoms with Gasteiger partial charge in [-0.15, -0.1) is 5.10 Å². The monoisotopic (exact) mass is 312 g/mol. The summed E-state index contributed by atoms with van der Waals surface area (Å²) < 4.78 is 0. The molecule has 0 radical (unpaired) electrons. The lowest BCUT2D eigenvalue weighted by atomic mass is 10.1. The third-order valence-electron chi connectivity index (χ3n) is 3.17. The second-order valence-corrected chi connectivity index (χ2v) is 5.62. The highest BCUT2D eigenvalue weighted by Gasteiger charge is 2.11. The van der Waals surface area contributed by atoms with Crippen LogP contribution in [0.25, 0.3) is 10.8 Å². The highest BCUT2D eigenvalue weighted by Crippen LogP contribution is 2.28. The van der Waals surface area contributed by atoms with Crippen molar-refractivity contribution in [2.45, 2.75) is 5.03 Å². The van der Waals surface area contributed by atoms with Crippen LogP contribution in [0.5, 0.6) is 11.5 Å². The lowest BCUT2D eigenvalue weighted by Crippen LogP contribution is -2.02. The van der Waals surface area contributed by atoms with Crippen molar-refractivity contribution in [2.75, 3.05) is 5.75 Å². The number of carbonyl (C=O) groups is 1. The summed E-state index contributed by atoms with van der Waals surface area (Å²) in [7, 11) is 0. The summed E-state index contributed by atoms with van der Waals surface area (Å²) in [4.78, 5) is 12.2. The van der Waals surface area contributed by atoms with Gasteiger partial charge in [0.1, 0.15) is 5.03 Å². The lowest BCUT2D eigenvalue weighted by Gasteiger charge is -2.05. The number of carbonyl (C=O) groups excluding carboxylic acids is 1. The van der Waals surface area contributed by atoms with E-state index in [1.807, 2.05) is 24.3 Å². The minimum atomic E-state index is -0.305. The standard InChI is InChI=1S/C16H12N2O3S/c19-13-6-5-10(7-14(13)20)15(21)9-22-16-12-4-2-1-3-11(12)8-17-18-16/h1-8,19-20H,9H2. The van der Waals surface area contributed by atoms with Crippen LogP contribution in [0.1, 0.15) is 10.4 Å². The van der Waals surface area contributed by atoms with E-state index in [0.29, 0.717) is 10.6 Å². The van der Waals surface area contributed by atoms with Crippen LogP contribution in [0.4, 0.5) is 0 Å². The highest BCUT2D eigenvalue weighted by molar-refractivity contribution is 8.00. The second kappa shape index (κ2) is 6.03. The molecule has 0 saturated carbocycles. The van der Waals surface area contributed by atoms with E-state index in [0.717, 1.165) is 10.8 Å². The number of hydrogen-bond donors (Lipinski definition) is 2. The van der Waals surface area contributed by atoms with Crippen molar-refractivity contribution in [3.8, 4) is 11.5 Å². The van der Waals surface area contributed by atoms with Crippen molar-refractivity contribution in [1.82, 2.24) is 10.2 Å². The van der Waals surface area contributed by atoms with Crippen LogP contribution in [0.15, 0.2) is 53.7 Å². The molecular weight excluding hydrogens is 300 g/mol. The van der Waals surface area contributed by atoms with Gasteiger partial charge in [-0.25, -0.2) is 0 Å². The summed E-state index contributed by atoms with van der Waals surface area (Å²) in [6, 6.07) is 11.7. The highest BCUT2D eigenvalue weighted by atomic mass is 32.2. The van der Waals surface area contributed by atoms with Crippen LogP contribution in [0.2, 0.25) is 0 Å². The smallest absolute Gasteiger partial charge is 0.173 e. The normalized spacial score (nSPS) is 10.7. The maximum atomic E-state index is 12.2. The number of rotatable bonds is 4. The van der Waals surface area contributed by atoms with Crippen molar-refractivity contribution >= 4 is 28.3 Å². The zero-order chi connectivity index (χ0) is 15.5. The Bertz CT molecular complexity index is 846. The molecule has 0 aliphatic carbocycles. The third-order valence-corrected chi connectivity index (χ3v) is 4.16. The van der Waals surface area contributed by atoms with Gasteiger partial charge in [-0.1, -0.05) is 36.0 Å². The van der Waals surface area contributed by atoms with Gasteiger partial charge in [0, 0.05) is 16.3 Å². The fourth-order valence-corrected chi connectivity index (χ4v) is 2.90. The first kappa shape index (κ1) is 14.3. The predicted molar refractivity (Wildman–Crippen MR) is 84.4 cm³/mol. The number of phenolic OH excluding ortho intramolecular Hbond substituents is 2. The number of Topliss-reactive ketones (excluding diaryl/α,β-unsaturated/α-hetero) is 1. The first-order valence-corrected chi connectivity index (χ1v) is 7.52. The van der Waals surface area contributed by atoms with E-state index in [-0.39, 0.29) is 23.0 Å². The summed E-state index contributed by atoms with van der Waals surface area (Å²) in [6.07, 6.45) is 1.68. The summed E-state index contributed by atoms with van der Waals surface area (Å²) in [5, 5.41) is 29.3. The number of phenols is 2. The number of thioether (sulfide) groups is 1. The first-order valence-electron chi connectivity index (χ1n) is 6.53. The van der Waals surface area contributed by atoms with E-state index < -0.39 is 0 Å². The van der Waals surface area contributed by atoms with Gasteiger partial charge in [0.15, 0.2) is 17.3 Å². The maximum absolute atomic E-state index is 12.2. The van der Waals surface area contributed by atoms with Crippen molar-refractivity contribution in [2.24, 2.45) is 0 Å². The molecule has 0 aliphatic heterocycles. The van der Waals surface area contributed by atoms with Gasteiger partial charge in [-0.3, -0.25) is 4.79 Å². The van der Waals surface area contributed by atoms with Crippen LogP contribution in [0, 0.1) is 0 Å². The van der Waals surface area contributed by atoms with E-state index in [9.17, 15) is 15.0 Å². The Morgan fingerprint density at radius 3 is 2.73 bits per heavy atom. The molecule has 5 nitrogen and oxygen atoms in total. The fourth-order valence-electron chi connectivity index (χ4n) is 2.02. The molecule has 0 fully saturated rings. The average Bonchev–Trinajstić information content (AvgIpc) is 2.55. The number of fused-ring (bicyclic) bond motifs is 1. The van der Waals surface area contributed by atoms with E-state index in [2.05, 4.69) is 10.2 Å². The molecule has 0 spiro atoms. The Morgan fingerprint density at radius 2 is 1.91 bits per heavy atom. The topological polar surface area (TPSA) is 83.3 Å². The van der Waals surface area contributed by atoms with Crippen molar-refractivity contribution in [3.05, 3.63) is 54.2 Å². The third kappa shape index (κ3) is 2.87. The van der Waals surface area contributed by atoms with Crippen LogP contribution < -0.4 is 0 Å². The Morgan fingerprint density at radius 1 is 1.09 bits per heavy atom. The van der Waals surface area contributed by atoms with E-state index in [4.69, 9.17) is 0 Å². The average molecular weight is 312 g/mol. The minimum Gasteiger partial charge on any atom is -0.504 e. The van der Waals surface area contributed by atoms with Gasteiger partial charge in [-0.2, -0.15) is 5.10 Å². The molecule has 0 saturated heterocycles. The van der Waals surface area contributed by atoms with Gasteiger partial charge in [0.05, 0.1) is 11.9 Å². The van der Waals surface area contributed by atoms with E-state index >= 15 is 0 Å². The molecule has 6 heteroatoms. The molecule has 3 aromatic rings. The molecule has 0 aliphatic rings. The molecule has 110 valence electrons. The Hall–Kier alpha value is -2.60. The molecule has 0 unspecified atom stereocenters. The van der Waals surface area contributed by atoms with E-state index in [1.54, 1.807) is 6.20 Å². The minimum absolute atomic E-state index is 0.157. The molecule has 2 N–H and O–H groups in total. The van der Waals surface area contributed by atoms with Crippen molar-refractivity contribution in [1.29, 1.82) is 0 Å². The predicted octanol–water partition coefficient (Wildman–Crippen LogP) is 3.02. The number of ketones is 1. The molecule has 2 aromatic carbocycles. The van der Waals surface area contributed by atoms with Gasteiger partial charge in [0.2, 0.25) is 0 Å². The Labute approximate surface area is 130 Å². The second-order valence-electron chi connectivity index (χ2n) is 4.65. The Kier molecular flexibility index (Phi) is 3.93.